The second kappa shape index (κ2) is 5.80. The SMILES string of the molecule is CC1(C)CCCN1C(=O)c1cccc(CN2CCCC2)c1. The fourth-order valence-electron chi connectivity index (χ4n) is 3.64. The normalized spacial score (nSPS) is 21.9. The lowest BCUT2D eigenvalue weighted by atomic mass is 10.0. The van der Waals surface area contributed by atoms with Gasteiger partial charge in [-0.3, -0.25) is 9.69 Å². The van der Waals surface area contributed by atoms with E-state index in [0.29, 0.717) is 0 Å². The Labute approximate surface area is 127 Å². The Morgan fingerprint density at radius 2 is 1.90 bits per heavy atom. The molecule has 3 heteroatoms. The summed E-state index contributed by atoms with van der Waals surface area (Å²) in [4.78, 5) is 17.3. The molecule has 2 aliphatic rings. The summed E-state index contributed by atoms with van der Waals surface area (Å²) in [7, 11) is 0. The van der Waals surface area contributed by atoms with Gasteiger partial charge in [0.2, 0.25) is 0 Å². The monoisotopic (exact) mass is 286 g/mol. The summed E-state index contributed by atoms with van der Waals surface area (Å²) in [5, 5.41) is 0. The van der Waals surface area contributed by atoms with Gasteiger partial charge in [-0.1, -0.05) is 12.1 Å². The van der Waals surface area contributed by atoms with Crippen molar-refractivity contribution in [2.24, 2.45) is 0 Å². The minimum Gasteiger partial charge on any atom is -0.334 e. The maximum absolute atomic E-state index is 12.8. The first-order valence-corrected chi connectivity index (χ1v) is 8.19. The Hall–Kier alpha value is -1.35. The van der Waals surface area contributed by atoms with Crippen molar-refractivity contribution in [1.82, 2.24) is 9.80 Å². The van der Waals surface area contributed by atoms with Crippen molar-refractivity contribution in [1.29, 1.82) is 0 Å². The van der Waals surface area contributed by atoms with Gasteiger partial charge in [-0.2, -0.15) is 0 Å². The lowest BCUT2D eigenvalue weighted by molar-refractivity contribution is 0.0652. The average Bonchev–Trinajstić information content (AvgIpc) is 3.07. The number of rotatable bonds is 3. The molecule has 0 N–H and O–H groups in total. The van der Waals surface area contributed by atoms with Crippen LogP contribution in [0.4, 0.5) is 0 Å². The van der Waals surface area contributed by atoms with Crippen LogP contribution in [0.15, 0.2) is 24.3 Å². The molecular weight excluding hydrogens is 260 g/mol. The van der Waals surface area contributed by atoms with Crippen LogP contribution in [0.2, 0.25) is 0 Å². The van der Waals surface area contributed by atoms with E-state index in [-0.39, 0.29) is 11.4 Å². The molecule has 0 radical (unpaired) electrons. The summed E-state index contributed by atoms with van der Waals surface area (Å²) in [5.41, 5.74) is 2.11. The molecule has 0 unspecified atom stereocenters. The van der Waals surface area contributed by atoms with Crippen molar-refractivity contribution in [2.45, 2.75) is 51.6 Å². The van der Waals surface area contributed by atoms with E-state index in [1.807, 2.05) is 17.0 Å². The molecule has 0 aliphatic carbocycles. The molecule has 21 heavy (non-hydrogen) atoms. The standard InChI is InChI=1S/C18H26N2O/c1-18(2)9-6-12-20(18)17(21)16-8-5-7-15(13-16)14-19-10-3-4-11-19/h5,7-8,13H,3-4,6,9-12,14H2,1-2H3. The lowest BCUT2D eigenvalue weighted by Gasteiger charge is -2.31. The number of nitrogens with zero attached hydrogens (tertiary/aromatic N) is 2. The fraction of sp³-hybridized carbons (Fsp3) is 0.611. The molecule has 2 fully saturated rings. The molecule has 114 valence electrons. The summed E-state index contributed by atoms with van der Waals surface area (Å²) in [6, 6.07) is 8.23. The number of hydrogen-bond donors (Lipinski definition) is 0. The van der Waals surface area contributed by atoms with Crippen LogP contribution in [0.25, 0.3) is 0 Å². The fourth-order valence-corrected chi connectivity index (χ4v) is 3.64. The van der Waals surface area contributed by atoms with Crippen LogP contribution >= 0.6 is 0 Å². The summed E-state index contributed by atoms with van der Waals surface area (Å²) in [6.45, 7) is 8.60. The minimum absolute atomic E-state index is 0.00202. The van der Waals surface area contributed by atoms with Gasteiger partial charge in [0, 0.05) is 24.2 Å². The second-order valence-electron chi connectivity index (χ2n) is 7.06. The van der Waals surface area contributed by atoms with Crippen LogP contribution < -0.4 is 0 Å². The lowest BCUT2D eigenvalue weighted by Crippen LogP contribution is -2.42. The van der Waals surface area contributed by atoms with Crippen LogP contribution in [-0.4, -0.2) is 40.9 Å². The van der Waals surface area contributed by atoms with Gasteiger partial charge in [0.05, 0.1) is 0 Å². The van der Waals surface area contributed by atoms with Crippen molar-refractivity contribution in [3.63, 3.8) is 0 Å². The highest BCUT2D eigenvalue weighted by Gasteiger charge is 2.35. The number of likely N-dealkylation sites (tertiary alicyclic amines) is 2. The van der Waals surface area contributed by atoms with Gasteiger partial charge in [-0.25, -0.2) is 0 Å². The van der Waals surface area contributed by atoms with Crippen LogP contribution in [0.3, 0.4) is 0 Å². The molecule has 3 rings (SSSR count). The van der Waals surface area contributed by atoms with E-state index in [2.05, 4.69) is 30.9 Å². The molecule has 0 bridgehead atoms. The van der Waals surface area contributed by atoms with Gasteiger partial charge in [0.25, 0.3) is 5.91 Å². The van der Waals surface area contributed by atoms with Crippen molar-refractivity contribution in [3.05, 3.63) is 35.4 Å². The van der Waals surface area contributed by atoms with E-state index >= 15 is 0 Å². The first kappa shape index (κ1) is 14.6. The molecule has 2 aliphatic heterocycles. The van der Waals surface area contributed by atoms with Gasteiger partial charge in [0.15, 0.2) is 0 Å². The molecular formula is C18H26N2O. The molecule has 1 aromatic rings. The Balaban J connectivity index is 1.74. The highest BCUT2D eigenvalue weighted by Crippen LogP contribution is 2.30. The molecule has 0 saturated carbocycles. The number of carbonyl (C=O) groups is 1. The summed E-state index contributed by atoms with van der Waals surface area (Å²) in [6.07, 6.45) is 4.83. The van der Waals surface area contributed by atoms with Crippen molar-refractivity contribution in [2.75, 3.05) is 19.6 Å². The van der Waals surface area contributed by atoms with Gasteiger partial charge >= 0.3 is 0 Å². The molecule has 1 amide bonds. The van der Waals surface area contributed by atoms with Gasteiger partial charge in [0.1, 0.15) is 0 Å². The largest absolute Gasteiger partial charge is 0.334 e. The molecule has 2 saturated heterocycles. The maximum Gasteiger partial charge on any atom is 0.254 e. The van der Waals surface area contributed by atoms with Crippen LogP contribution in [0.5, 0.6) is 0 Å². The van der Waals surface area contributed by atoms with Crippen LogP contribution in [0, 0.1) is 0 Å². The first-order chi connectivity index (χ1) is 10.1. The highest BCUT2D eigenvalue weighted by molar-refractivity contribution is 5.95. The Bertz CT molecular complexity index is 518. The summed E-state index contributed by atoms with van der Waals surface area (Å²) >= 11 is 0. The Kier molecular flexibility index (Phi) is 4.03. The van der Waals surface area contributed by atoms with Crippen molar-refractivity contribution >= 4 is 5.91 Å². The third-order valence-electron chi connectivity index (χ3n) is 4.92. The van der Waals surface area contributed by atoms with Crippen LogP contribution in [-0.2, 0) is 6.54 Å². The van der Waals surface area contributed by atoms with Crippen molar-refractivity contribution < 1.29 is 4.79 Å². The molecule has 0 aromatic heterocycles. The topological polar surface area (TPSA) is 23.6 Å². The van der Waals surface area contributed by atoms with Crippen LogP contribution in [0.1, 0.15) is 55.5 Å². The van der Waals surface area contributed by atoms with Gasteiger partial charge in [-0.05, 0) is 70.3 Å². The van der Waals surface area contributed by atoms with Gasteiger partial charge < -0.3 is 4.90 Å². The Morgan fingerprint density at radius 1 is 1.14 bits per heavy atom. The number of amides is 1. The van der Waals surface area contributed by atoms with Crippen molar-refractivity contribution in [3.8, 4) is 0 Å². The first-order valence-electron chi connectivity index (χ1n) is 8.19. The van der Waals surface area contributed by atoms with E-state index in [1.165, 1.54) is 31.5 Å². The number of carbonyl (C=O) groups excluding carboxylic acids is 1. The number of benzene rings is 1. The maximum atomic E-state index is 12.8. The average molecular weight is 286 g/mol. The quantitative estimate of drug-likeness (QED) is 0.851. The number of hydrogen-bond acceptors (Lipinski definition) is 2. The predicted molar refractivity (Wildman–Crippen MR) is 85.3 cm³/mol. The molecule has 0 spiro atoms. The molecule has 0 atom stereocenters. The summed E-state index contributed by atoms with van der Waals surface area (Å²) in [5.74, 6) is 0.195. The third-order valence-corrected chi connectivity index (χ3v) is 4.92. The van der Waals surface area contributed by atoms with E-state index in [1.54, 1.807) is 0 Å². The van der Waals surface area contributed by atoms with E-state index in [9.17, 15) is 4.79 Å². The zero-order chi connectivity index (χ0) is 14.9. The van der Waals surface area contributed by atoms with E-state index in [0.717, 1.165) is 31.5 Å². The third kappa shape index (κ3) is 3.13. The molecule has 1 aromatic carbocycles. The highest BCUT2D eigenvalue weighted by atomic mass is 16.2. The van der Waals surface area contributed by atoms with E-state index < -0.39 is 0 Å². The van der Waals surface area contributed by atoms with Gasteiger partial charge in [-0.15, -0.1) is 0 Å². The second-order valence-corrected chi connectivity index (χ2v) is 7.06. The molecule has 3 nitrogen and oxygen atoms in total. The zero-order valence-electron chi connectivity index (χ0n) is 13.3. The zero-order valence-corrected chi connectivity index (χ0v) is 13.3. The Morgan fingerprint density at radius 3 is 2.57 bits per heavy atom. The van der Waals surface area contributed by atoms with E-state index in [4.69, 9.17) is 0 Å². The summed E-state index contributed by atoms with van der Waals surface area (Å²) < 4.78 is 0. The predicted octanol–water partition coefficient (Wildman–Crippen LogP) is 3.30. The smallest absolute Gasteiger partial charge is 0.254 e. The molecule has 2 heterocycles. The minimum atomic E-state index is 0.00202.